The maximum absolute atomic E-state index is 14.8. The summed E-state index contributed by atoms with van der Waals surface area (Å²) < 4.78 is 124. The minimum atomic E-state index is -3.57. The molecule has 0 spiro atoms. The van der Waals surface area contributed by atoms with E-state index in [9.17, 15) is 56.6 Å². The van der Waals surface area contributed by atoms with Gasteiger partial charge in [-0.2, -0.15) is 0 Å². The summed E-state index contributed by atoms with van der Waals surface area (Å²) in [5.41, 5.74) is -2.84. The van der Waals surface area contributed by atoms with Crippen LogP contribution in [0.3, 0.4) is 0 Å². The summed E-state index contributed by atoms with van der Waals surface area (Å²) in [5, 5.41) is 0.164. The zero-order valence-corrected chi connectivity index (χ0v) is 92.1. The van der Waals surface area contributed by atoms with Crippen LogP contribution in [0.4, 0.5) is 9.59 Å². The van der Waals surface area contributed by atoms with Gasteiger partial charge in [-0.05, 0) is 300 Å². The number of amides is 2. The molecular weight excluding hydrogens is 1840 g/mol. The molecule has 0 radical (unpaired) electrons. The summed E-state index contributed by atoms with van der Waals surface area (Å²) in [4.78, 5) is 115. The Labute approximate surface area is 825 Å². The molecule has 4 fully saturated rings. The van der Waals surface area contributed by atoms with Gasteiger partial charge in [0.15, 0.2) is 5.16 Å². The van der Waals surface area contributed by atoms with Crippen molar-refractivity contribution in [2.75, 3.05) is 117 Å². The van der Waals surface area contributed by atoms with E-state index in [4.69, 9.17) is 56.0 Å². The van der Waals surface area contributed by atoms with Gasteiger partial charge in [-0.3, -0.25) is 62.4 Å². The van der Waals surface area contributed by atoms with E-state index in [0.29, 0.717) is 110 Å². The molecule has 4 aromatic carbocycles. The Bertz CT molecular complexity index is 4590. The quantitative estimate of drug-likeness (QED) is 0.0156. The van der Waals surface area contributed by atoms with Gasteiger partial charge in [0, 0.05) is 90.1 Å². The van der Waals surface area contributed by atoms with E-state index in [1.54, 1.807) is 138 Å². The Morgan fingerprint density at radius 1 is 0.370 bits per heavy atom. The van der Waals surface area contributed by atoms with Gasteiger partial charge in [0.25, 0.3) is 0 Å². The van der Waals surface area contributed by atoms with Crippen LogP contribution in [0.1, 0.15) is 274 Å². The Morgan fingerprint density at radius 3 is 1.13 bits per heavy atom. The van der Waals surface area contributed by atoms with E-state index < -0.39 is 150 Å². The number of imide groups is 1. The molecule has 4 aliphatic rings. The highest BCUT2D eigenvalue weighted by Crippen LogP contribution is 2.66. The van der Waals surface area contributed by atoms with E-state index in [1.165, 1.54) is 11.1 Å². The number of carbonyl (C=O) groups is 8. The van der Waals surface area contributed by atoms with Gasteiger partial charge >= 0.3 is 48.0 Å². The fraction of sp³-hybridized carbons (Fsp3) is 0.692. The molecule has 4 aliphatic heterocycles. The Kier molecular flexibility index (Phi) is 47.1. The minimum Gasteiger partial charge on any atom is -0.459 e. The lowest BCUT2D eigenvalue weighted by Crippen LogP contribution is -2.51. The normalized spacial score (nSPS) is 23.1. The first-order valence-corrected chi connectivity index (χ1v) is 56.6. The van der Waals surface area contributed by atoms with Crippen LogP contribution in [0, 0.1) is 0 Å². The van der Waals surface area contributed by atoms with Crippen LogP contribution in [0.15, 0.2) is 121 Å². The van der Waals surface area contributed by atoms with Crippen molar-refractivity contribution in [3.05, 3.63) is 144 Å². The highest BCUT2D eigenvalue weighted by Gasteiger charge is 2.60. The smallest absolute Gasteiger partial charge is 0.419 e. The number of unbranched alkanes of at least 4 members (excludes halogenated alkanes) is 1. The predicted octanol–water partition coefficient (Wildman–Crippen LogP) is 21.2. The van der Waals surface area contributed by atoms with Crippen molar-refractivity contribution in [2.24, 2.45) is 0 Å². The number of hydrogen-bond donors (Lipinski definition) is 1. The van der Waals surface area contributed by atoms with Crippen molar-refractivity contribution < 1.29 is 113 Å². The molecule has 8 unspecified atom stereocenters. The third-order valence-corrected chi connectivity index (χ3v) is 34.9. The van der Waals surface area contributed by atoms with E-state index >= 15 is 0 Å². The van der Waals surface area contributed by atoms with Crippen molar-refractivity contribution in [1.82, 2.24) is 29.8 Å². The maximum atomic E-state index is 14.8. The number of ether oxygens (including phenoxy) is 8. The standard InChI is InChI=1S/2C33H55N2O8P.2C19H30NO4P/c1-11-40-44(39)23-17-21-34(24-26-18-13-12-14-19-26)25-33(44,27(36)41-30(2,3)4)20-15-16-22-35(28(37)42-31(5,6)7)29(38)43-32(8,9)10;1-11-40-44(39)23-22-35(24-25-16-13-12-14-17-25)21-19-33(44,29(38)43-32(8,9)10)18-15-20-34-26(27(36)41-30(2,3)4)28(37)42-31(5,6)7;1-5-23-25(22)13-9-12-20(14-16-10-7-6-8-11-16)15-17(25)18(21)24-19(2,3)4;1-5-23-25(22)14-13-20(15-16-9-7-6-8-10-16)12-11-17(25)18(21)24-19(2,3)4/h12-14,18-19H,11,15-17,20-25H2,1-10H3;12-14,16-17,26,34H,11,15,18-24H2,1-10H3;6-8,10-11,17H,5,9,12-15H2,1-4H3;6-10,17H,5,11-15H2,1-4H3. The average Bonchev–Trinajstić information content (AvgIpc) is 1.45. The second kappa shape index (κ2) is 53.5. The monoisotopic (exact) mass is 2010 g/mol. The fourth-order valence-electron chi connectivity index (χ4n) is 16.5. The average molecular weight is 2010 g/mol. The lowest BCUT2D eigenvalue weighted by Gasteiger charge is -2.40. The van der Waals surface area contributed by atoms with E-state index in [1.807, 2.05) is 152 Å². The van der Waals surface area contributed by atoms with Crippen LogP contribution < -0.4 is 5.32 Å². The van der Waals surface area contributed by atoms with Crippen molar-refractivity contribution in [2.45, 2.75) is 350 Å². The molecule has 0 saturated carbocycles. The predicted molar refractivity (Wildman–Crippen MR) is 544 cm³/mol. The summed E-state index contributed by atoms with van der Waals surface area (Å²) in [6.45, 7) is 58.0. The zero-order chi connectivity index (χ0) is 104. The number of rotatable bonds is 32. The summed E-state index contributed by atoms with van der Waals surface area (Å²) in [7, 11) is -13.3. The molecule has 0 aromatic heterocycles. The van der Waals surface area contributed by atoms with E-state index in [0.717, 1.165) is 42.1 Å². The molecule has 0 bridgehead atoms. The number of nitrogens with one attached hydrogen (secondary N) is 1. The molecule has 8 rings (SSSR count). The van der Waals surface area contributed by atoms with Gasteiger partial charge in [0.1, 0.15) is 61.3 Å². The molecule has 0 aliphatic carbocycles. The van der Waals surface area contributed by atoms with Gasteiger partial charge in [-0.1, -0.05) is 121 Å². The van der Waals surface area contributed by atoms with Crippen LogP contribution in [-0.4, -0.2) is 262 Å². The number of esters is 6. The van der Waals surface area contributed by atoms with Gasteiger partial charge in [0.2, 0.25) is 35.5 Å². The Morgan fingerprint density at radius 2 is 0.717 bits per heavy atom. The number of benzene rings is 4. The highest BCUT2D eigenvalue weighted by atomic mass is 31.2. The number of carbonyl (C=O) groups excluding carboxylic acids is 8. The first-order valence-electron chi connectivity index (χ1n) is 49.2. The first kappa shape index (κ1) is 121. The molecular formula is C104H170N6O24P4. The van der Waals surface area contributed by atoms with Crippen LogP contribution in [0.5, 0.6) is 0 Å². The molecule has 4 heterocycles. The molecule has 1 N–H and O–H groups in total. The lowest BCUT2D eigenvalue weighted by atomic mass is 9.96. The van der Waals surface area contributed by atoms with E-state index in [-0.39, 0.29) is 64.4 Å². The number of nitrogens with zero attached hydrogens (tertiary/aromatic N) is 5. The van der Waals surface area contributed by atoms with Crippen LogP contribution in [0.2, 0.25) is 0 Å². The molecule has 30 nitrogen and oxygen atoms in total. The van der Waals surface area contributed by atoms with Crippen LogP contribution in [-0.2, 0) is 129 Å². The third-order valence-electron chi connectivity index (χ3n) is 22.2. The summed E-state index contributed by atoms with van der Waals surface area (Å²) in [6, 6.07) is 38.9. The van der Waals surface area contributed by atoms with Gasteiger partial charge in [-0.15, -0.1) is 0 Å². The summed E-state index contributed by atoms with van der Waals surface area (Å²) in [5.74, 6) is -3.40. The van der Waals surface area contributed by atoms with Crippen LogP contribution in [0.25, 0.3) is 0 Å². The maximum Gasteiger partial charge on any atom is 0.419 e. The molecule has 2 amide bonds. The Hall–Kier alpha value is -7.00. The largest absolute Gasteiger partial charge is 0.459 e. The molecule has 780 valence electrons. The van der Waals surface area contributed by atoms with Gasteiger partial charge < -0.3 is 56.0 Å². The SMILES string of the molecule is CCOP1(=O)CCCN(Cc2ccccc2)CC1(CCCCN(C(=O)OC(C)(C)C)C(=O)OC(C)(C)C)C(=O)OC(C)(C)C.CCOP1(=O)CCCN(Cc2ccccc2)CC1C(=O)OC(C)(C)C.CCOP1(=O)CCN(Cc2ccccc2)CCC1(CCCNC(C(=O)OC(C)(C)C)C(=O)OC(C)(C)C)C(=O)OC(C)(C)C.CCOP1(=O)CCN(Cc2ccccc2)CCC1C(=O)OC(C)(C)C. The Balaban J connectivity index is 0.000000336. The molecule has 4 aromatic rings. The highest BCUT2D eigenvalue weighted by molar-refractivity contribution is 7.62. The summed E-state index contributed by atoms with van der Waals surface area (Å²) in [6.07, 6.45) is 3.20. The van der Waals surface area contributed by atoms with Gasteiger partial charge in [-0.25, -0.2) is 24.1 Å². The van der Waals surface area contributed by atoms with Gasteiger partial charge in [0.05, 0.1) is 26.4 Å². The zero-order valence-electron chi connectivity index (χ0n) is 88.5. The minimum absolute atomic E-state index is 0.000884. The molecule has 138 heavy (non-hydrogen) atoms. The second-order valence-electron chi connectivity index (χ2n) is 43.8. The topological polar surface area (TPSA) is 344 Å². The van der Waals surface area contributed by atoms with Crippen molar-refractivity contribution in [1.29, 1.82) is 0 Å². The van der Waals surface area contributed by atoms with E-state index in [2.05, 4.69) is 49.2 Å². The molecule has 8 atom stereocenters. The third kappa shape index (κ3) is 41.7. The summed E-state index contributed by atoms with van der Waals surface area (Å²) >= 11 is 0. The molecule has 4 saturated heterocycles. The number of hydrogen-bond acceptors (Lipinski definition) is 29. The molecule has 34 heteroatoms. The van der Waals surface area contributed by atoms with Crippen molar-refractivity contribution in [3.63, 3.8) is 0 Å². The fourth-order valence-corrected chi connectivity index (χ4v) is 27.5. The first-order chi connectivity index (χ1) is 63.9. The lowest BCUT2D eigenvalue weighted by molar-refractivity contribution is -0.171. The van der Waals surface area contributed by atoms with Crippen LogP contribution >= 0.6 is 29.5 Å². The second-order valence-corrected chi connectivity index (χ2v) is 55.2. The van der Waals surface area contributed by atoms with Crippen molar-refractivity contribution >= 4 is 77.5 Å². The van der Waals surface area contributed by atoms with Crippen molar-refractivity contribution in [3.8, 4) is 0 Å².